The van der Waals surface area contributed by atoms with Crippen LogP contribution in [0.2, 0.25) is 0 Å². The third kappa shape index (κ3) is 1.50. The average molecular weight is 241 g/mol. The second-order valence-electron chi connectivity index (χ2n) is 5.92. The zero-order chi connectivity index (χ0) is 12.0. The summed E-state index contributed by atoms with van der Waals surface area (Å²) in [6, 6.07) is 10.4. The first-order valence-electron chi connectivity index (χ1n) is 7.04. The number of hydrogen-bond donors (Lipinski definition) is 2. The summed E-state index contributed by atoms with van der Waals surface area (Å²) in [6.07, 6.45) is 6.70. The minimum Gasteiger partial charge on any atom is -0.303 e. The molecule has 3 heteroatoms. The van der Waals surface area contributed by atoms with Crippen molar-refractivity contribution in [2.75, 3.05) is 0 Å². The molecular weight excluding hydrogens is 222 g/mol. The van der Waals surface area contributed by atoms with Gasteiger partial charge in [-0.2, -0.15) is 0 Å². The van der Waals surface area contributed by atoms with Crippen molar-refractivity contribution in [3.05, 3.63) is 35.9 Å². The normalized spacial score (nSPS) is 37.7. The first kappa shape index (κ1) is 10.6. The minimum atomic E-state index is -0.00760. The molecule has 1 heterocycles. The van der Waals surface area contributed by atoms with Crippen LogP contribution in [0.1, 0.15) is 37.7 Å². The van der Waals surface area contributed by atoms with Gasteiger partial charge in [-0.1, -0.05) is 30.3 Å². The van der Waals surface area contributed by atoms with Crippen LogP contribution in [-0.2, 0) is 0 Å². The van der Waals surface area contributed by atoms with Crippen molar-refractivity contribution >= 4 is 5.84 Å². The van der Waals surface area contributed by atoms with Gasteiger partial charge < -0.3 is 5.43 Å². The fourth-order valence-electron chi connectivity index (χ4n) is 3.90. The number of fused-ring (bicyclic) bond motifs is 2. The Morgan fingerprint density at radius 1 is 1.06 bits per heavy atom. The van der Waals surface area contributed by atoms with Crippen LogP contribution in [0.25, 0.3) is 0 Å². The van der Waals surface area contributed by atoms with Crippen molar-refractivity contribution in [2.45, 2.75) is 37.8 Å². The lowest BCUT2D eigenvalue weighted by atomic mass is 9.65. The Hall–Kier alpha value is -1.35. The average Bonchev–Trinajstić information content (AvgIpc) is 2.85. The molecular formula is C15H19N3. The molecule has 0 amide bonds. The van der Waals surface area contributed by atoms with Crippen molar-refractivity contribution in [3.8, 4) is 0 Å². The zero-order valence-electron chi connectivity index (χ0n) is 10.5. The molecule has 0 saturated heterocycles. The standard InChI is InChI=1S/C15H19N3/c1-2-4-12(5-3-1)14-16-15(18-17-14)10-11-6-8-13(15)9-7-11/h1-5,11,13,18H,6-10H2,(H,16,17)/t11?,13?,15-/m0/s1. The lowest BCUT2D eigenvalue weighted by Crippen LogP contribution is -2.56. The molecule has 3 fully saturated rings. The van der Waals surface area contributed by atoms with E-state index in [0.717, 1.165) is 17.7 Å². The van der Waals surface area contributed by atoms with E-state index in [1.165, 1.54) is 37.7 Å². The number of nitrogens with one attached hydrogen (secondary N) is 2. The van der Waals surface area contributed by atoms with E-state index >= 15 is 0 Å². The summed E-state index contributed by atoms with van der Waals surface area (Å²) < 4.78 is 0. The Morgan fingerprint density at radius 2 is 1.83 bits per heavy atom. The smallest absolute Gasteiger partial charge is 0.144 e. The highest BCUT2D eigenvalue weighted by Crippen LogP contribution is 2.48. The van der Waals surface area contributed by atoms with Crippen molar-refractivity contribution in [1.29, 1.82) is 0 Å². The summed E-state index contributed by atoms with van der Waals surface area (Å²) in [6.45, 7) is 0. The summed E-state index contributed by atoms with van der Waals surface area (Å²) in [7, 11) is 0. The van der Waals surface area contributed by atoms with Crippen LogP contribution >= 0.6 is 0 Å². The molecule has 18 heavy (non-hydrogen) atoms. The van der Waals surface area contributed by atoms with Gasteiger partial charge in [0.2, 0.25) is 0 Å². The van der Waals surface area contributed by atoms with E-state index in [0.29, 0.717) is 0 Å². The SMILES string of the molecule is c1ccc(C2=N[C@@]3(CC4CCC3CC4)NN2)cc1. The van der Waals surface area contributed by atoms with Gasteiger partial charge in [0.1, 0.15) is 11.5 Å². The van der Waals surface area contributed by atoms with Gasteiger partial charge in [-0.3, -0.25) is 0 Å². The molecule has 1 aromatic carbocycles. The topological polar surface area (TPSA) is 36.4 Å². The lowest BCUT2D eigenvalue weighted by molar-refractivity contribution is 0.0506. The van der Waals surface area contributed by atoms with Crippen LogP contribution in [0, 0.1) is 11.8 Å². The molecule has 0 unspecified atom stereocenters. The number of aliphatic imine (C=N–C) groups is 1. The maximum Gasteiger partial charge on any atom is 0.144 e. The second-order valence-corrected chi connectivity index (χ2v) is 5.92. The van der Waals surface area contributed by atoms with Crippen LogP contribution in [0.15, 0.2) is 35.3 Å². The monoisotopic (exact) mass is 241 g/mol. The first-order chi connectivity index (χ1) is 8.86. The Morgan fingerprint density at radius 3 is 2.50 bits per heavy atom. The van der Waals surface area contributed by atoms with Crippen molar-refractivity contribution < 1.29 is 0 Å². The predicted molar refractivity (Wildman–Crippen MR) is 72.0 cm³/mol. The lowest BCUT2D eigenvalue weighted by Gasteiger charge is -2.47. The highest BCUT2D eigenvalue weighted by Gasteiger charge is 2.49. The summed E-state index contributed by atoms with van der Waals surface area (Å²) in [5.41, 5.74) is 7.99. The zero-order valence-corrected chi connectivity index (χ0v) is 10.5. The number of rotatable bonds is 1. The molecule has 2 N–H and O–H groups in total. The molecule has 3 saturated carbocycles. The van der Waals surface area contributed by atoms with Crippen LogP contribution in [0.4, 0.5) is 0 Å². The fraction of sp³-hybridized carbons (Fsp3) is 0.533. The van der Waals surface area contributed by atoms with Gasteiger partial charge in [-0.25, -0.2) is 10.4 Å². The molecule has 4 aliphatic rings. The van der Waals surface area contributed by atoms with E-state index in [-0.39, 0.29) is 5.66 Å². The highest BCUT2D eigenvalue weighted by molar-refractivity contribution is 5.99. The third-order valence-corrected chi connectivity index (χ3v) is 4.88. The predicted octanol–water partition coefficient (Wildman–Crippen LogP) is 2.45. The van der Waals surface area contributed by atoms with Gasteiger partial charge in [0.25, 0.3) is 0 Å². The molecule has 2 bridgehead atoms. The number of benzene rings is 1. The molecule has 1 aromatic rings. The molecule has 0 radical (unpaired) electrons. The molecule has 1 atom stereocenters. The second kappa shape index (κ2) is 3.82. The van der Waals surface area contributed by atoms with E-state index in [4.69, 9.17) is 4.99 Å². The Bertz CT molecular complexity index is 474. The molecule has 1 aliphatic heterocycles. The Kier molecular flexibility index (Phi) is 2.24. The summed E-state index contributed by atoms with van der Waals surface area (Å²) in [4.78, 5) is 5.03. The molecule has 5 rings (SSSR count). The van der Waals surface area contributed by atoms with Crippen LogP contribution in [-0.4, -0.2) is 11.5 Å². The van der Waals surface area contributed by atoms with E-state index in [1.54, 1.807) is 0 Å². The van der Waals surface area contributed by atoms with E-state index in [1.807, 2.05) is 6.07 Å². The van der Waals surface area contributed by atoms with Gasteiger partial charge in [0, 0.05) is 5.56 Å². The van der Waals surface area contributed by atoms with Gasteiger partial charge in [-0.15, -0.1) is 0 Å². The Labute approximate surface area is 108 Å². The van der Waals surface area contributed by atoms with Crippen molar-refractivity contribution in [3.63, 3.8) is 0 Å². The highest BCUT2D eigenvalue weighted by atomic mass is 15.5. The van der Waals surface area contributed by atoms with Gasteiger partial charge in [-0.05, 0) is 43.9 Å². The number of amidine groups is 1. The molecule has 1 spiro atoms. The quantitative estimate of drug-likeness (QED) is 0.792. The molecule has 3 nitrogen and oxygen atoms in total. The van der Waals surface area contributed by atoms with Gasteiger partial charge in [0.15, 0.2) is 0 Å². The Balaban J connectivity index is 1.67. The summed E-state index contributed by atoms with van der Waals surface area (Å²) in [5, 5.41) is 0. The first-order valence-corrected chi connectivity index (χ1v) is 7.04. The largest absolute Gasteiger partial charge is 0.303 e. The van der Waals surface area contributed by atoms with Gasteiger partial charge in [0.05, 0.1) is 0 Å². The number of hydrazine groups is 1. The van der Waals surface area contributed by atoms with Crippen molar-refractivity contribution in [1.82, 2.24) is 10.9 Å². The summed E-state index contributed by atoms with van der Waals surface area (Å²) in [5.74, 6) is 2.61. The van der Waals surface area contributed by atoms with E-state index in [2.05, 4.69) is 35.1 Å². The maximum atomic E-state index is 5.03. The van der Waals surface area contributed by atoms with Crippen LogP contribution < -0.4 is 10.9 Å². The summed E-state index contributed by atoms with van der Waals surface area (Å²) >= 11 is 0. The number of hydrogen-bond acceptors (Lipinski definition) is 3. The minimum absolute atomic E-state index is 0.00760. The number of nitrogens with zero attached hydrogens (tertiary/aromatic N) is 1. The van der Waals surface area contributed by atoms with Crippen LogP contribution in [0.3, 0.4) is 0 Å². The molecule has 94 valence electrons. The van der Waals surface area contributed by atoms with Crippen molar-refractivity contribution in [2.24, 2.45) is 16.8 Å². The van der Waals surface area contributed by atoms with E-state index < -0.39 is 0 Å². The van der Waals surface area contributed by atoms with Crippen LogP contribution in [0.5, 0.6) is 0 Å². The van der Waals surface area contributed by atoms with E-state index in [9.17, 15) is 0 Å². The maximum absolute atomic E-state index is 5.03. The van der Waals surface area contributed by atoms with Gasteiger partial charge >= 0.3 is 0 Å². The fourth-order valence-corrected chi connectivity index (χ4v) is 3.90. The third-order valence-electron chi connectivity index (χ3n) is 4.88. The molecule has 0 aromatic heterocycles. The molecule has 3 aliphatic carbocycles.